The Kier molecular flexibility index (Phi) is 8.27. The SMILES string of the molecule is CCNC(=NCc1ccc(OC)cc1)NCc1cc(OC)c(OC)cc1OC. The van der Waals surface area contributed by atoms with Crippen LogP contribution in [-0.4, -0.2) is 40.9 Å². The predicted octanol–water partition coefficient (Wildman–Crippen LogP) is 2.98. The summed E-state index contributed by atoms with van der Waals surface area (Å²) in [6.07, 6.45) is 0. The number of nitrogens with zero attached hydrogens (tertiary/aromatic N) is 1. The summed E-state index contributed by atoms with van der Waals surface area (Å²) in [4.78, 5) is 4.64. The molecule has 0 aliphatic carbocycles. The summed E-state index contributed by atoms with van der Waals surface area (Å²) in [6, 6.07) is 11.6. The van der Waals surface area contributed by atoms with Crippen LogP contribution in [0, 0.1) is 0 Å². The van der Waals surface area contributed by atoms with Gasteiger partial charge in [0, 0.05) is 24.7 Å². The van der Waals surface area contributed by atoms with E-state index < -0.39 is 0 Å². The smallest absolute Gasteiger partial charge is 0.191 e. The zero-order chi connectivity index (χ0) is 20.4. The molecule has 7 nitrogen and oxygen atoms in total. The second kappa shape index (κ2) is 10.9. The molecule has 2 aromatic rings. The molecule has 2 aromatic carbocycles. The first-order valence-electron chi connectivity index (χ1n) is 9.09. The van der Waals surface area contributed by atoms with E-state index in [2.05, 4.69) is 15.6 Å². The van der Waals surface area contributed by atoms with Crippen LogP contribution in [0.1, 0.15) is 18.1 Å². The van der Waals surface area contributed by atoms with Crippen LogP contribution in [0.15, 0.2) is 41.4 Å². The molecule has 0 heterocycles. The molecule has 7 heteroatoms. The van der Waals surface area contributed by atoms with Crippen LogP contribution in [0.3, 0.4) is 0 Å². The third kappa shape index (κ3) is 5.70. The second-order valence-corrected chi connectivity index (χ2v) is 5.92. The van der Waals surface area contributed by atoms with E-state index in [0.717, 1.165) is 35.1 Å². The van der Waals surface area contributed by atoms with Gasteiger partial charge in [0.05, 0.1) is 35.0 Å². The quantitative estimate of drug-likeness (QED) is 0.509. The molecule has 2 N–H and O–H groups in total. The van der Waals surface area contributed by atoms with Gasteiger partial charge < -0.3 is 29.6 Å². The monoisotopic (exact) mass is 387 g/mol. The molecular formula is C21H29N3O4. The topological polar surface area (TPSA) is 73.3 Å². The number of aliphatic imine (C=N–C) groups is 1. The van der Waals surface area contributed by atoms with E-state index in [9.17, 15) is 0 Å². The zero-order valence-corrected chi connectivity index (χ0v) is 17.2. The van der Waals surface area contributed by atoms with Crippen molar-refractivity contribution < 1.29 is 18.9 Å². The second-order valence-electron chi connectivity index (χ2n) is 5.92. The Bertz CT molecular complexity index is 776. The first-order valence-corrected chi connectivity index (χ1v) is 9.09. The highest BCUT2D eigenvalue weighted by atomic mass is 16.5. The van der Waals surface area contributed by atoms with Crippen molar-refractivity contribution in [2.75, 3.05) is 35.0 Å². The Morgan fingerprint density at radius 3 is 2.04 bits per heavy atom. The molecule has 2 rings (SSSR count). The highest BCUT2D eigenvalue weighted by Gasteiger charge is 2.12. The third-order valence-electron chi connectivity index (χ3n) is 4.16. The van der Waals surface area contributed by atoms with Gasteiger partial charge in [-0.2, -0.15) is 0 Å². The van der Waals surface area contributed by atoms with Crippen LogP contribution in [0.2, 0.25) is 0 Å². The molecule has 0 fully saturated rings. The molecule has 0 amide bonds. The van der Waals surface area contributed by atoms with Gasteiger partial charge in [-0.1, -0.05) is 12.1 Å². The summed E-state index contributed by atoms with van der Waals surface area (Å²) in [5.74, 6) is 3.55. The maximum Gasteiger partial charge on any atom is 0.191 e. The summed E-state index contributed by atoms with van der Waals surface area (Å²) in [6.45, 7) is 3.87. The molecule has 0 saturated heterocycles. The molecule has 0 spiro atoms. The van der Waals surface area contributed by atoms with E-state index in [0.29, 0.717) is 24.6 Å². The molecule has 0 unspecified atom stereocenters. The molecule has 28 heavy (non-hydrogen) atoms. The van der Waals surface area contributed by atoms with Crippen molar-refractivity contribution in [3.8, 4) is 23.0 Å². The van der Waals surface area contributed by atoms with E-state index >= 15 is 0 Å². The van der Waals surface area contributed by atoms with E-state index in [1.807, 2.05) is 43.3 Å². The van der Waals surface area contributed by atoms with Gasteiger partial charge in [-0.25, -0.2) is 4.99 Å². The minimum absolute atomic E-state index is 0.526. The van der Waals surface area contributed by atoms with Gasteiger partial charge in [0.15, 0.2) is 17.5 Å². The molecular weight excluding hydrogens is 358 g/mol. The maximum atomic E-state index is 5.48. The van der Waals surface area contributed by atoms with E-state index in [-0.39, 0.29) is 0 Å². The van der Waals surface area contributed by atoms with Gasteiger partial charge >= 0.3 is 0 Å². The van der Waals surface area contributed by atoms with Crippen molar-refractivity contribution in [1.29, 1.82) is 0 Å². The number of rotatable bonds is 9. The normalized spacial score (nSPS) is 11.0. The minimum atomic E-state index is 0.526. The van der Waals surface area contributed by atoms with Crippen molar-refractivity contribution >= 4 is 5.96 Å². The Balaban J connectivity index is 2.11. The maximum absolute atomic E-state index is 5.48. The van der Waals surface area contributed by atoms with Gasteiger partial charge in [-0.3, -0.25) is 0 Å². The van der Waals surface area contributed by atoms with Gasteiger partial charge in [-0.05, 0) is 30.7 Å². The molecule has 152 valence electrons. The van der Waals surface area contributed by atoms with Crippen molar-refractivity contribution in [2.24, 2.45) is 4.99 Å². The largest absolute Gasteiger partial charge is 0.497 e. The molecule has 0 aliphatic heterocycles. The molecule has 0 aliphatic rings. The standard InChI is InChI=1S/C21H29N3O4/c1-6-22-21(23-13-15-7-9-17(25-2)10-8-15)24-14-16-11-19(27-4)20(28-5)12-18(16)26-3/h7-12H,6,13-14H2,1-5H3,(H2,22,23,24). The Morgan fingerprint density at radius 1 is 0.821 bits per heavy atom. The lowest BCUT2D eigenvalue weighted by Gasteiger charge is -2.16. The highest BCUT2D eigenvalue weighted by molar-refractivity contribution is 5.79. The summed E-state index contributed by atoms with van der Waals surface area (Å²) in [5.41, 5.74) is 2.04. The van der Waals surface area contributed by atoms with Crippen molar-refractivity contribution in [1.82, 2.24) is 10.6 Å². The van der Waals surface area contributed by atoms with Crippen LogP contribution in [-0.2, 0) is 13.1 Å². The fourth-order valence-electron chi connectivity index (χ4n) is 2.65. The summed E-state index contributed by atoms with van der Waals surface area (Å²) >= 11 is 0. The highest BCUT2D eigenvalue weighted by Crippen LogP contribution is 2.34. The number of hydrogen-bond donors (Lipinski definition) is 2. The van der Waals surface area contributed by atoms with Crippen molar-refractivity contribution in [3.63, 3.8) is 0 Å². The lowest BCUT2D eigenvalue weighted by molar-refractivity contribution is 0.347. The Morgan fingerprint density at radius 2 is 1.46 bits per heavy atom. The summed E-state index contributed by atoms with van der Waals surface area (Å²) < 4.78 is 21.4. The van der Waals surface area contributed by atoms with E-state index in [1.54, 1.807) is 28.4 Å². The summed E-state index contributed by atoms with van der Waals surface area (Å²) in [5, 5.41) is 6.58. The number of nitrogens with one attached hydrogen (secondary N) is 2. The molecule has 0 radical (unpaired) electrons. The van der Waals surface area contributed by atoms with Crippen molar-refractivity contribution in [3.05, 3.63) is 47.5 Å². The number of ether oxygens (including phenoxy) is 4. The van der Waals surface area contributed by atoms with Gasteiger partial charge in [0.1, 0.15) is 11.5 Å². The van der Waals surface area contributed by atoms with Crippen LogP contribution >= 0.6 is 0 Å². The van der Waals surface area contributed by atoms with Crippen LogP contribution in [0.25, 0.3) is 0 Å². The molecule has 0 atom stereocenters. The molecule has 0 aromatic heterocycles. The van der Waals surface area contributed by atoms with Crippen LogP contribution in [0.5, 0.6) is 23.0 Å². The van der Waals surface area contributed by atoms with Gasteiger partial charge in [0.25, 0.3) is 0 Å². The lowest BCUT2D eigenvalue weighted by Crippen LogP contribution is -2.36. The fourth-order valence-corrected chi connectivity index (χ4v) is 2.65. The minimum Gasteiger partial charge on any atom is -0.497 e. The Hall–Kier alpha value is -3.09. The zero-order valence-electron chi connectivity index (χ0n) is 17.2. The molecule has 0 bridgehead atoms. The third-order valence-corrected chi connectivity index (χ3v) is 4.16. The van der Waals surface area contributed by atoms with E-state index in [1.165, 1.54) is 0 Å². The van der Waals surface area contributed by atoms with Crippen LogP contribution in [0.4, 0.5) is 0 Å². The first kappa shape index (κ1) is 21.2. The first-order chi connectivity index (χ1) is 13.6. The fraction of sp³-hybridized carbons (Fsp3) is 0.381. The van der Waals surface area contributed by atoms with Gasteiger partial charge in [-0.15, -0.1) is 0 Å². The Labute approximate surface area is 166 Å². The lowest BCUT2D eigenvalue weighted by atomic mass is 10.1. The number of hydrogen-bond acceptors (Lipinski definition) is 5. The average molecular weight is 387 g/mol. The van der Waals surface area contributed by atoms with Gasteiger partial charge in [0.2, 0.25) is 0 Å². The van der Waals surface area contributed by atoms with Crippen molar-refractivity contribution in [2.45, 2.75) is 20.0 Å². The van der Waals surface area contributed by atoms with Crippen LogP contribution < -0.4 is 29.6 Å². The number of guanidine groups is 1. The predicted molar refractivity (Wildman–Crippen MR) is 111 cm³/mol. The number of benzene rings is 2. The molecule has 0 saturated carbocycles. The average Bonchev–Trinajstić information content (AvgIpc) is 2.75. The summed E-state index contributed by atoms with van der Waals surface area (Å²) in [7, 11) is 6.50. The number of methoxy groups -OCH3 is 4. The van der Waals surface area contributed by atoms with E-state index in [4.69, 9.17) is 18.9 Å².